The first-order chi connectivity index (χ1) is 15.6. The van der Waals surface area contributed by atoms with Gasteiger partial charge in [-0.2, -0.15) is 13.2 Å². The first-order valence-electron chi connectivity index (χ1n) is 10.4. The number of hydrogen-bond acceptors (Lipinski definition) is 5. The van der Waals surface area contributed by atoms with E-state index in [1.165, 1.54) is 23.0 Å². The highest BCUT2D eigenvalue weighted by Gasteiger charge is 2.54. The van der Waals surface area contributed by atoms with Gasteiger partial charge in [0.05, 0.1) is 11.8 Å². The van der Waals surface area contributed by atoms with Gasteiger partial charge in [0.1, 0.15) is 23.0 Å². The van der Waals surface area contributed by atoms with Gasteiger partial charge in [0.25, 0.3) is 11.8 Å². The molecule has 11 heteroatoms. The van der Waals surface area contributed by atoms with E-state index in [1.54, 1.807) is 12.1 Å². The molecule has 2 aliphatic rings. The smallest absolute Gasteiger partial charge is 0.416 e. The molecular formula is C22H20F3N5O3. The number of carbonyl (C=O) groups excluding carboxylic acids is 2. The maximum absolute atomic E-state index is 12.9. The molecular weight excluding hydrogens is 439 g/mol. The molecule has 2 fully saturated rings. The summed E-state index contributed by atoms with van der Waals surface area (Å²) in [6, 6.07) is 4.98. The lowest BCUT2D eigenvalue weighted by Gasteiger charge is -2.57. The van der Waals surface area contributed by atoms with Gasteiger partial charge in [0.15, 0.2) is 0 Å². The molecule has 0 unspecified atom stereocenters. The lowest BCUT2D eigenvalue weighted by atomic mass is 9.53. The minimum Gasteiger partial charge on any atom is -0.474 e. The van der Waals surface area contributed by atoms with Crippen LogP contribution in [0.15, 0.2) is 42.9 Å². The van der Waals surface area contributed by atoms with Gasteiger partial charge in [0.2, 0.25) is 5.88 Å². The van der Waals surface area contributed by atoms with Crippen molar-refractivity contribution in [1.29, 1.82) is 0 Å². The summed E-state index contributed by atoms with van der Waals surface area (Å²) in [5, 5.41) is 2.93. The minimum atomic E-state index is -4.47. The van der Waals surface area contributed by atoms with Crippen molar-refractivity contribution in [2.45, 2.75) is 44.0 Å². The highest BCUT2D eigenvalue weighted by Crippen LogP contribution is 2.56. The van der Waals surface area contributed by atoms with E-state index in [2.05, 4.69) is 15.3 Å². The maximum atomic E-state index is 12.9. The van der Waals surface area contributed by atoms with E-state index in [1.807, 2.05) is 0 Å². The Morgan fingerprint density at radius 2 is 1.94 bits per heavy atom. The molecule has 2 aliphatic carbocycles. The van der Waals surface area contributed by atoms with Gasteiger partial charge < -0.3 is 15.8 Å². The fraction of sp³-hybridized carbons (Fsp3) is 0.364. The van der Waals surface area contributed by atoms with E-state index in [9.17, 15) is 22.8 Å². The van der Waals surface area contributed by atoms with Gasteiger partial charge in [-0.1, -0.05) is 0 Å². The fourth-order valence-electron chi connectivity index (χ4n) is 4.82. The van der Waals surface area contributed by atoms with Crippen molar-refractivity contribution in [2.75, 3.05) is 0 Å². The molecule has 2 saturated carbocycles. The summed E-state index contributed by atoms with van der Waals surface area (Å²) >= 11 is 0. The van der Waals surface area contributed by atoms with Gasteiger partial charge in [-0.3, -0.25) is 14.0 Å². The zero-order valence-corrected chi connectivity index (χ0v) is 17.3. The summed E-state index contributed by atoms with van der Waals surface area (Å²) in [5.74, 6) is -0.746. The third kappa shape index (κ3) is 3.87. The van der Waals surface area contributed by atoms with Crippen molar-refractivity contribution in [1.82, 2.24) is 19.7 Å². The second-order valence-electron chi connectivity index (χ2n) is 8.73. The Balaban J connectivity index is 1.16. The standard InChI is InChI=1S/C22H20F3N5O3/c23-22(24,25)12-3-5-30-16(11-28-17(30)6-12)19(32)29-13-7-21(8-13)9-14(10-21)33-20-15(18(26)31)2-1-4-27-20/h1-6,11,13-14H,7-10H2,(H2,26,31)(H,29,32). The Labute approximate surface area is 186 Å². The third-order valence-electron chi connectivity index (χ3n) is 6.40. The number of nitrogens with two attached hydrogens (primary N) is 1. The average molecular weight is 459 g/mol. The minimum absolute atomic E-state index is 0.0329. The van der Waals surface area contributed by atoms with Crippen LogP contribution < -0.4 is 15.8 Å². The van der Waals surface area contributed by atoms with Crippen LogP contribution >= 0.6 is 0 Å². The molecule has 3 aromatic heterocycles. The van der Waals surface area contributed by atoms with E-state index in [-0.39, 0.29) is 46.3 Å². The number of primary amides is 1. The Morgan fingerprint density at radius 1 is 1.18 bits per heavy atom. The van der Waals surface area contributed by atoms with Crippen molar-refractivity contribution in [3.05, 3.63) is 59.7 Å². The quantitative estimate of drug-likeness (QED) is 0.609. The van der Waals surface area contributed by atoms with Crippen molar-refractivity contribution < 1.29 is 27.5 Å². The third-order valence-corrected chi connectivity index (χ3v) is 6.40. The van der Waals surface area contributed by atoms with Crippen LogP contribution in [0, 0.1) is 5.41 Å². The van der Waals surface area contributed by atoms with Gasteiger partial charge >= 0.3 is 6.18 Å². The maximum Gasteiger partial charge on any atom is 0.416 e. The monoisotopic (exact) mass is 459 g/mol. The van der Waals surface area contributed by atoms with Gasteiger partial charge in [-0.05, 0) is 55.4 Å². The fourth-order valence-corrected chi connectivity index (χ4v) is 4.82. The lowest BCUT2D eigenvalue weighted by molar-refractivity contribution is -0.137. The van der Waals surface area contributed by atoms with Crippen LogP contribution in [0.5, 0.6) is 5.88 Å². The number of pyridine rings is 2. The van der Waals surface area contributed by atoms with Crippen LogP contribution in [0.1, 0.15) is 52.1 Å². The number of fused-ring (bicyclic) bond motifs is 1. The molecule has 0 atom stereocenters. The van der Waals surface area contributed by atoms with Gasteiger partial charge in [0, 0.05) is 18.4 Å². The van der Waals surface area contributed by atoms with Gasteiger partial charge in [-0.25, -0.2) is 9.97 Å². The number of nitrogens with zero attached hydrogens (tertiary/aromatic N) is 3. The van der Waals surface area contributed by atoms with Crippen LogP contribution in [0.3, 0.4) is 0 Å². The van der Waals surface area contributed by atoms with E-state index >= 15 is 0 Å². The van der Waals surface area contributed by atoms with Crippen molar-refractivity contribution in [3.8, 4) is 5.88 Å². The number of rotatable bonds is 5. The molecule has 0 saturated heterocycles. The summed E-state index contributed by atoms with van der Waals surface area (Å²) < 4.78 is 45.8. The molecule has 0 aromatic carbocycles. The molecule has 8 nitrogen and oxygen atoms in total. The zero-order valence-electron chi connectivity index (χ0n) is 17.3. The molecule has 33 heavy (non-hydrogen) atoms. The number of carbonyl (C=O) groups is 2. The second-order valence-corrected chi connectivity index (χ2v) is 8.73. The van der Waals surface area contributed by atoms with Crippen molar-refractivity contribution >= 4 is 17.5 Å². The molecule has 172 valence electrons. The Bertz CT molecular complexity index is 1240. The highest BCUT2D eigenvalue weighted by atomic mass is 19.4. The predicted octanol–water partition coefficient (Wildman–Crippen LogP) is 2.97. The van der Waals surface area contributed by atoms with Crippen molar-refractivity contribution in [2.24, 2.45) is 11.1 Å². The molecule has 3 N–H and O–H groups in total. The summed E-state index contributed by atoms with van der Waals surface area (Å²) in [6.07, 6.45) is 2.58. The number of amides is 2. The van der Waals surface area contributed by atoms with Crippen LogP contribution in [0.25, 0.3) is 5.65 Å². The number of alkyl halides is 3. The van der Waals surface area contributed by atoms with Crippen LogP contribution in [0.2, 0.25) is 0 Å². The van der Waals surface area contributed by atoms with E-state index in [4.69, 9.17) is 10.5 Å². The first-order valence-corrected chi connectivity index (χ1v) is 10.4. The topological polar surface area (TPSA) is 112 Å². The molecule has 3 heterocycles. The van der Waals surface area contributed by atoms with Crippen LogP contribution in [0.4, 0.5) is 13.2 Å². The molecule has 0 bridgehead atoms. The van der Waals surface area contributed by atoms with Crippen LogP contribution in [-0.2, 0) is 6.18 Å². The van der Waals surface area contributed by atoms with Crippen LogP contribution in [-0.4, -0.2) is 38.3 Å². The molecule has 1 spiro atoms. The highest BCUT2D eigenvalue weighted by molar-refractivity contribution is 5.95. The molecule has 0 aliphatic heterocycles. The SMILES string of the molecule is NC(=O)c1cccnc1OC1CC2(CC(NC(=O)c3cnc4cc(C(F)(F)F)ccn34)C2)C1. The van der Waals surface area contributed by atoms with Crippen molar-refractivity contribution in [3.63, 3.8) is 0 Å². The summed E-state index contributed by atoms with van der Waals surface area (Å²) in [4.78, 5) is 32.2. The molecule has 3 aromatic rings. The van der Waals surface area contributed by atoms with E-state index in [0.717, 1.165) is 37.8 Å². The number of aromatic nitrogens is 3. The Kier molecular flexibility index (Phi) is 4.80. The molecule has 5 rings (SSSR count). The lowest BCUT2D eigenvalue weighted by Crippen LogP contribution is -2.58. The number of ether oxygens (including phenoxy) is 1. The normalized spacial score (nSPS) is 24.2. The van der Waals surface area contributed by atoms with E-state index in [0.29, 0.717) is 0 Å². The number of hydrogen-bond donors (Lipinski definition) is 2. The molecule has 2 amide bonds. The Hall–Kier alpha value is -3.63. The predicted molar refractivity (Wildman–Crippen MR) is 110 cm³/mol. The summed E-state index contributed by atoms with van der Waals surface area (Å²) in [7, 11) is 0. The van der Waals surface area contributed by atoms with E-state index < -0.39 is 17.6 Å². The second kappa shape index (κ2) is 7.46. The zero-order chi connectivity index (χ0) is 23.4. The van der Waals surface area contributed by atoms with Gasteiger partial charge in [-0.15, -0.1) is 0 Å². The first kappa shape index (κ1) is 21.2. The Morgan fingerprint density at radius 3 is 2.64 bits per heavy atom. The summed E-state index contributed by atoms with van der Waals surface area (Å²) in [6.45, 7) is 0. The number of imidazole rings is 1. The largest absolute Gasteiger partial charge is 0.474 e. The summed E-state index contributed by atoms with van der Waals surface area (Å²) in [5.41, 5.74) is 5.10. The average Bonchev–Trinajstić information content (AvgIpc) is 3.13. The molecule has 0 radical (unpaired) electrons. The number of halogens is 3. The number of nitrogens with one attached hydrogen (secondary N) is 1.